The number of carbonyl (C=O) groups excluding carboxylic acids is 1. The van der Waals surface area contributed by atoms with Gasteiger partial charge in [-0.3, -0.25) is 19.1 Å². The van der Waals surface area contributed by atoms with Crippen LogP contribution in [-0.2, 0) is 17.8 Å². The normalized spacial score (nSPS) is 10.8. The number of carbonyl (C=O) groups is 1. The average Bonchev–Trinajstić information content (AvgIpc) is 3.26. The maximum atomic E-state index is 13.0. The molecule has 0 aliphatic heterocycles. The molecule has 2 heterocycles. The molecule has 8 heteroatoms. The van der Waals surface area contributed by atoms with Crippen molar-refractivity contribution in [2.45, 2.75) is 39.2 Å². The van der Waals surface area contributed by atoms with Gasteiger partial charge in [-0.2, -0.15) is 0 Å². The molecule has 0 atom stereocenters. The van der Waals surface area contributed by atoms with Gasteiger partial charge in [-0.05, 0) is 24.1 Å². The van der Waals surface area contributed by atoms with Crippen LogP contribution in [0, 0.1) is 0 Å². The Hall–Kier alpha value is -3.55. The van der Waals surface area contributed by atoms with Gasteiger partial charge >= 0.3 is 5.69 Å². The van der Waals surface area contributed by atoms with Crippen molar-refractivity contribution in [1.29, 1.82) is 0 Å². The maximum absolute atomic E-state index is 13.0. The first kappa shape index (κ1) is 21.2. The molecular weight excluding hydrogens is 384 g/mol. The van der Waals surface area contributed by atoms with Gasteiger partial charge in [0.05, 0.1) is 12.8 Å². The second-order valence-electron chi connectivity index (χ2n) is 7.04. The van der Waals surface area contributed by atoms with E-state index in [0.717, 1.165) is 12.0 Å². The molecular formula is C22H26N4O4. The van der Waals surface area contributed by atoms with E-state index in [4.69, 9.17) is 10.2 Å². The molecule has 0 bridgehead atoms. The Morgan fingerprint density at radius 2 is 1.93 bits per heavy atom. The minimum Gasteiger partial charge on any atom is -0.469 e. The quantitative estimate of drug-likeness (QED) is 0.563. The summed E-state index contributed by atoms with van der Waals surface area (Å²) in [6.07, 6.45) is 3.66. The first-order chi connectivity index (χ1) is 14.5. The van der Waals surface area contributed by atoms with Crippen molar-refractivity contribution in [2.75, 3.05) is 17.2 Å². The highest BCUT2D eigenvalue weighted by Crippen LogP contribution is 2.20. The Morgan fingerprint density at radius 1 is 1.17 bits per heavy atom. The topological polar surface area (TPSA) is 114 Å². The molecule has 0 spiro atoms. The summed E-state index contributed by atoms with van der Waals surface area (Å²) in [7, 11) is 0. The van der Waals surface area contributed by atoms with Crippen molar-refractivity contribution >= 4 is 17.4 Å². The van der Waals surface area contributed by atoms with Crippen LogP contribution in [0.15, 0.2) is 62.7 Å². The molecule has 30 heavy (non-hydrogen) atoms. The van der Waals surface area contributed by atoms with Crippen LogP contribution in [0.1, 0.15) is 37.5 Å². The van der Waals surface area contributed by atoms with Crippen LogP contribution in [-0.4, -0.2) is 22.0 Å². The van der Waals surface area contributed by atoms with Gasteiger partial charge in [0.2, 0.25) is 5.91 Å². The molecule has 3 rings (SSSR count). The summed E-state index contributed by atoms with van der Waals surface area (Å²) < 4.78 is 6.57. The van der Waals surface area contributed by atoms with Gasteiger partial charge in [0.1, 0.15) is 11.6 Å². The van der Waals surface area contributed by atoms with Gasteiger partial charge in [-0.15, -0.1) is 0 Å². The number of aryl methyl sites for hydroxylation is 1. The Bertz CT molecular complexity index is 1080. The Balaban J connectivity index is 1.95. The monoisotopic (exact) mass is 410 g/mol. The molecule has 0 saturated carbocycles. The van der Waals surface area contributed by atoms with Crippen LogP contribution in [0.5, 0.6) is 0 Å². The smallest absolute Gasteiger partial charge is 0.330 e. The predicted octanol–water partition coefficient (Wildman–Crippen LogP) is 2.53. The van der Waals surface area contributed by atoms with Gasteiger partial charge in [-0.1, -0.05) is 43.7 Å². The molecule has 3 N–H and O–H groups in total. The molecule has 0 fully saturated rings. The molecule has 0 aliphatic rings. The lowest BCUT2D eigenvalue weighted by Gasteiger charge is -2.24. The molecule has 3 aromatic rings. The number of benzene rings is 1. The zero-order valence-electron chi connectivity index (χ0n) is 17.0. The first-order valence-corrected chi connectivity index (χ1v) is 10.0. The lowest BCUT2D eigenvalue weighted by Crippen LogP contribution is -2.41. The Morgan fingerprint density at radius 3 is 2.60 bits per heavy atom. The molecule has 158 valence electrons. The largest absolute Gasteiger partial charge is 0.469 e. The number of nitrogens with zero attached hydrogens (tertiary/aromatic N) is 2. The second kappa shape index (κ2) is 9.78. The number of furan rings is 1. The number of aromatic amines is 1. The number of hydrogen-bond acceptors (Lipinski definition) is 5. The summed E-state index contributed by atoms with van der Waals surface area (Å²) in [5.41, 5.74) is 5.87. The number of amides is 1. The van der Waals surface area contributed by atoms with E-state index in [0.29, 0.717) is 25.1 Å². The van der Waals surface area contributed by atoms with Gasteiger partial charge in [-0.25, -0.2) is 4.79 Å². The second-order valence-corrected chi connectivity index (χ2v) is 7.04. The number of unbranched alkanes of at least 4 members (excludes halogenated alkanes) is 1. The van der Waals surface area contributed by atoms with Gasteiger partial charge in [0, 0.05) is 19.4 Å². The number of aromatic nitrogens is 2. The summed E-state index contributed by atoms with van der Waals surface area (Å²) in [5, 5.41) is 0. The van der Waals surface area contributed by atoms with Crippen LogP contribution in [0.4, 0.5) is 11.5 Å². The van der Waals surface area contributed by atoms with Crippen LogP contribution in [0.2, 0.25) is 0 Å². The summed E-state index contributed by atoms with van der Waals surface area (Å²) in [4.78, 5) is 41.8. The van der Waals surface area contributed by atoms with Crippen LogP contribution in [0.3, 0.4) is 0 Å². The van der Waals surface area contributed by atoms with Crippen molar-refractivity contribution < 1.29 is 9.21 Å². The van der Waals surface area contributed by atoms with E-state index in [-0.39, 0.29) is 30.4 Å². The van der Waals surface area contributed by atoms with Gasteiger partial charge in [0.15, 0.2) is 5.69 Å². The number of H-pyrrole nitrogens is 1. The summed E-state index contributed by atoms with van der Waals surface area (Å²) in [5.74, 6) is 0.423. The minimum absolute atomic E-state index is 0.0171. The van der Waals surface area contributed by atoms with Gasteiger partial charge in [0.25, 0.3) is 5.56 Å². The highest BCUT2D eigenvalue weighted by Gasteiger charge is 2.24. The standard InChI is InChI=1S/C22H26N4O4/c1-2-3-13-25(18(27)12-11-17-10-7-14-30-17)19-20(23)26(22(29)24-21(19)28)15-16-8-5-4-6-9-16/h4-10,14H,2-3,11-13,15,23H2,1H3,(H,24,28,29). The zero-order chi connectivity index (χ0) is 21.5. The van der Waals surface area contributed by atoms with E-state index in [1.807, 2.05) is 37.3 Å². The third-order valence-electron chi connectivity index (χ3n) is 4.87. The number of nitrogens with two attached hydrogens (primary N) is 1. The van der Waals surface area contributed by atoms with Crippen molar-refractivity contribution in [2.24, 2.45) is 0 Å². The van der Waals surface area contributed by atoms with Crippen LogP contribution in [0.25, 0.3) is 0 Å². The zero-order valence-corrected chi connectivity index (χ0v) is 17.0. The van der Waals surface area contributed by atoms with Gasteiger partial charge < -0.3 is 15.1 Å². The van der Waals surface area contributed by atoms with E-state index in [9.17, 15) is 14.4 Å². The summed E-state index contributed by atoms with van der Waals surface area (Å²) in [6.45, 7) is 2.53. The third kappa shape index (κ3) is 4.89. The lowest BCUT2D eigenvalue weighted by atomic mass is 10.2. The molecule has 8 nitrogen and oxygen atoms in total. The number of rotatable bonds is 9. The maximum Gasteiger partial charge on any atom is 0.330 e. The Labute approximate surface area is 173 Å². The van der Waals surface area contributed by atoms with E-state index in [1.165, 1.54) is 9.47 Å². The molecule has 1 amide bonds. The average molecular weight is 410 g/mol. The molecule has 2 aromatic heterocycles. The van der Waals surface area contributed by atoms with Crippen molar-refractivity contribution in [3.05, 3.63) is 80.9 Å². The third-order valence-corrected chi connectivity index (χ3v) is 4.87. The number of nitrogen functional groups attached to an aromatic ring is 1. The first-order valence-electron chi connectivity index (χ1n) is 10.0. The highest BCUT2D eigenvalue weighted by molar-refractivity contribution is 5.95. The van der Waals surface area contributed by atoms with E-state index in [2.05, 4.69) is 4.98 Å². The molecule has 0 radical (unpaired) electrons. The fourth-order valence-corrected chi connectivity index (χ4v) is 3.26. The predicted molar refractivity (Wildman–Crippen MR) is 116 cm³/mol. The fraction of sp³-hybridized carbons (Fsp3) is 0.318. The van der Waals surface area contributed by atoms with Crippen LogP contribution < -0.4 is 21.9 Å². The van der Waals surface area contributed by atoms with Crippen molar-refractivity contribution in [1.82, 2.24) is 9.55 Å². The van der Waals surface area contributed by atoms with E-state index >= 15 is 0 Å². The lowest BCUT2D eigenvalue weighted by molar-refractivity contribution is -0.118. The molecule has 0 unspecified atom stereocenters. The Kier molecular flexibility index (Phi) is 6.90. The molecule has 0 aliphatic carbocycles. The summed E-state index contributed by atoms with van der Waals surface area (Å²) in [6, 6.07) is 12.9. The molecule has 0 saturated heterocycles. The summed E-state index contributed by atoms with van der Waals surface area (Å²) >= 11 is 0. The highest BCUT2D eigenvalue weighted by atomic mass is 16.3. The minimum atomic E-state index is -0.663. The van der Waals surface area contributed by atoms with Crippen molar-refractivity contribution in [3.63, 3.8) is 0 Å². The van der Waals surface area contributed by atoms with E-state index < -0.39 is 11.2 Å². The molecule has 1 aromatic carbocycles. The number of hydrogen-bond donors (Lipinski definition) is 2. The SMILES string of the molecule is CCCCN(C(=O)CCc1ccco1)c1c(N)n(Cc2ccccc2)c(=O)[nH]c1=O. The fourth-order valence-electron chi connectivity index (χ4n) is 3.26. The van der Waals surface area contributed by atoms with Crippen molar-refractivity contribution in [3.8, 4) is 0 Å². The van der Waals surface area contributed by atoms with E-state index in [1.54, 1.807) is 18.4 Å². The number of anilines is 2. The van der Waals surface area contributed by atoms with Crippen LogP contribution >= 0.6 is 0 Å². The number of nitrogens with one attached hydrogen (secondary N) is 1.